The molecule has 0 radical (unpaired) electrons. The first-order valence-corrected chi connectivity index (χ1v) is 13.8. The van der Waals surface area contributed by atoms with E-state index in [1.807, 2.05) is 36.4 Å². The number of para-hydroxylation sites is 3. The summed E-state index contributed by atoms with van der Waals surface area (Å²) in [6.45, 7) is 9.09. The Bertz CT molecular complexity index is 1930. The molecule has 196 valence electrons. The zero-order chi connectivity index (χ0) is 27.6. The van der Waals surface area contributed by atoms with E-state index in [9.17, 15) is 4.79 Å². The predicted octanol–water partition coefficient (Wildman–Crippen LogP) is 9.38. The first-order chi connectivity index (χ1) is 19.3. The van der Waals surface area contributed by atoms with Crippen LogP contribution in [0, 0.1) is 0 Å². The highest BCUT2D eigenvalue weighted by Crippen LogP contribution is 2.52. The zero-order valence-electron chi connectivity index (χ0n) is 23.2. The molecule has 3 nitrogen and oxygen atoms in total. The molecule has 0 amide bonds. The average Bonchev–Trinajstić information content (AvgIpc) is 2.97. The largest absolute Gasteiger partial charge is 0.456 e. The van der Waals surface area contributed by atoms with Gasteiger partial charge in [0, 0.05) is 27.9 Å². The summed E-state index contributed by atoms with van der Waals surface area (Å²) in [6.07, 6.45) is 0. The lowest BCUT2D eigenvalue weighted by molar-refractivity contribution is 0.520. The van der Waals surface area contributed by atoms with Crippen molar-refractivity contribution < 1.29 is 4.42 Å². The predicted molar refractivity (Wildman–Crippen MR) is 165 cm³/mol. The van der Waals surface area contributed by atoms with Crippen LogP contribution in [0.25, 0.3) is 21.9 Å². The van der Waals surface area contributed by atoms with Crippen LogP contribution in [-0.4, -0.2) is 0 Å². The lowest BCUT2D eigenvalue weighted by Gasteiger charge is -2.44. The number of hydrogen-bond acceptors (Lipinski definition) is 3. The Morgan fingerprint density at radius 1 is 0.500 bits per heavy atom. The van der Waals surface area contributed by atoms with Gasteiger partial charge in [0.25, 0.3) is 0 Å². The van der Waals surface area contributed by atoms with Crippen molar-refractivity contribution in [1.29, 1.82) is 0 Å². The van der Waals surface area contributed by atoms with Gasteiger partial charge in [-0.3, -0.25) is 4.79 Å². The molecule has 1 aromatic heterocycles. The van der Waals surface area contributed by atoms with Crippen molar-refractivity contribution in [3.63, 3.8) is 0 Å². The van der Waals surface area contributed by atoms with Crippen molar-refractivity contribution in [2.75, 3.05) is 4.90 Å². The smallest absolute Gasteiger partial charge is 0.200 e. The van der Waals surface area contributed by atoms with Crippen LogP contribution < -0.4 is 10.3 Å². The third-order valence-corrected chi connectivity index (χ3v) is 8.70. The lowest BCUT2D eigenvalue weighted by Crippen LogP contribution is -2.37. The highest BCUT2D eigenvalue weighted by molar-refractivity contribution is 5.91. The molecule has 0 bridgehead atoms. The third-order valence-electron chi connectivity index (χ3n) is 8.70. The van der Waals surface area contributed by atoms with Gasteiger partial charge in [-0.25, -0.2) is 0 Å². The second-order valence-corrected chi connectivity index (χ2v) is 11.8. The lowest BCUT2D eigenvalue weighted by atomic mass is 9.60. The minimum atomic E-state index is -0.332. The fraction of sp³-hybridized carbons (Fsp3) is 0.162. The monoisotopic (exact) mass is 521 g/mol. The summed E-state index contributed by atoms with van der Waals surface area (Å²) in [4.78, 5) is 15.9. The van der Waals surface area contributed by atoms with Gasteiger partial charge in [0.05, 0.1) is 10.8 Å². The van der Waals surface area contributed by atoms with Crippen molar-refractivity contribution in [3.05, 3.63) is 148 Å². The Labute approximate surface area is 234 Å². The third kappa shape index (κ3) is 3.54. The molecule has 0 spiro atoms. The Morgan fingerprint density at radius 3 is 1.73 bits per heavy atom. The molecule has 0 aliphatic heterocycles. The fourth-order valence-corrected chi connectivity index (χ4v) is 6.51. The van der Waals surface area contributed by atoms with Gasteiger partial charge in [-0.2, -0.15) is 0 Å². The zero-order valence-corrected chi connectivity index (χ0v) is 23.2. The molecule has 1 aliphatic carbocycles. The van der Waals surface area contributed by atoms with Crippen molar-refractivity contribution in [1.82, 2.24) is 0 Å². The molecule has 0 saturated heterocycles. The summed E-state index contributed by atoms with van der Waals surface area (Å²) >= 11 is 0. The number of anilines is 3. The number of hydrogen-bond donors (Lipinski definition) is 0. The Kier molecular flexibility index (Phi) is 5.30. The van der Waals surface area contributed by atoms with E-state index in [4.69, 9.17) is 4.42 Å². The molecule has 40 heavy (non-hydrogen) atoms. The maximum Gasteiger partial charge on any atom is 0.200 e. The van der Waals surface area contributed by atoms with E-state index < -0.39 is 0 Å². The fourth-order valence-electron chi connectivity index (χ4n) is 6.51. The first-order valence-electron chi connectivity index (χ1n) is 13.8. The Balaban J connectivity index is 1.47. The molecule has 0 saturated carbocycles. The SMILES string of the molecule is CC1(C)c2ccc(N(c3ccccc3)c3ccccc3)cc2C(C)(C)c2cc3c(=O)c4ccccc4oc3cc21. The molecular weight excluding hydrogens is 490 g/mol. The normalized spacial score (nSPS) is 15.0. The minimum Gasteiger partial charge on any atom is -0.456 e. The van der Waals surface area contributed by atoms with E-state index in [0.29, 0.717) is 21.9 Å². The molecule has 5 aromatic carbocycles. The second-order valence-electron chi connectivity index (χ2n) is 11.8. The average molecular weight is 522 g/mol. The van der Waals surface area contributed by atoms with Crippen LogP contribution in [0.2, 0.25) is 0 Å². The van der Waals surface area contributed by atoms with Crippen molar-refractivity contribution in [2.24, 2.45) is 0 Å². The van der Waals surface area contributed by atoms with Crippen molar-refractivity contribution in [3.8, 4) is 0 Å². The number of fused-ring (bicyclic) bond motifs is 4. The van der Waals surface area contributed by atoms with Crippen LogP contribution in [0.3, 0.4) is 0 Å². The highest BCUT2D eigenvalue weighted by atomic mass is 16.3. The van der Waals surface area contributed by atoms with E-state index in [1.165, 1.54) is 22.3 Å². The Morgan fingerprint density at radius 2 is 1.05 bits per heavy atom. The van der Waals surface area contributed by atoms with E-state index in [-0.39, 0.29) is 16.3 Å². The molecule has 3 heteroatoms. The topological polar surface area (TPSA) is 33.5 Å². The quantitative estimate of drug-likeness (QED) is 0.218. The molecule has 0 fully saturated rings. The molecule has 0 atom stereocenters. The summed E-state index contributed by atoms with van der Waals surface area (Å²) in [5.41, 5.74) is 8.93. The van der Waals surface area contributed by atoms with E-state index in [2.05, 4.69) is 111 Å². The highest BCUT2D eigenvalue weighted by Gasteiger charge is 2.42. The van der Waals surface area contributed by atoms with Crippen LogP contribution in [0.15, 0.2) is 124 Å². The van der Waals surface area contributed by atoms with Crippen molar-refractivity contribution in [2.45, 2.75) is 38.5 Å². The summed E-state index contributed by atoms with van der Waals surface area (Å²) < 4.78 is 6.28. The van der Waals surface area contributed by atoms with Crippen molar-refractivity contribution >= 4 is 39.0 Å². The first kappa shape index (κ1) is 24.4. The summed E-state index contributed by atoms with van der Waals surface area (Å²) in [5, 5.41) is 1.25. The van der Waals surface area contributed by atoms with Gasteiger partial charge in [0.15, 0.2) is 0 Å². The maximum absolute atomic E-state index is 13.6. The molecular formula is C37H31NO2. The standard InChI is InChI=1S/C37H31NO2/c1-36(2)29-20-19-26(38(24-13-7-5-8-14-24)25-15-9-6-10-16-25)21-30(29)37(3,4)31-22-28-34(23-32(31)36)40-33-18-12-11-17-27(33)35(28)39/h5-23H,1-4H3. The van der Waals surface area contributed by atoms with Gasteiger partial charge < -0.3 is 9.32 Å². The molecule has 0 N–H and O–H groups in total. The molecule has 6 aromatic rings. The van der Waals surface area contributed by atoms with Crippen LogP contribution in [-0.2, 0) is 10.8 Å². The van der Waals surface area contributed by atoms with E-state index in [1.54, 1.807) is 0 Å². The van der Waals surface area contributed by atoms with Crippen LogP contribution in [0.1, 0.15) is 49.9 Å². The summed E-state index contributed by atoms with van der Waals surface area (Å²) in [5.74, 6) is 0. The van der Waals surface area contributed by atoms with Gasteiger partial charge in [-0.15, -0.1) is 0 Å². The summed E-state index contributed by atoms with van der Waals surface area (Å²) in [7, 11) is 0. The van der Waals surface area contributed by atoms with Crippen LogP contribution in [0.4, 0.5) is 17.1 Å². The van der Waals surface area contributed by atoms with E-state index >= 15 is 0 Å². The maximum atomic E-state index is 13.6. The summed E-state index contributed by atoms with van der Waals surface area (Å²) in [6, 6.07) is 39.6. The molecule has 1 aliphatic rings. The number of benzene rings is 5. The van der Waals surface area contributed by atoms with Gasteiger partial charge in [-0.05, 0) is 82.9 Å². The molecule has 0 unspecified atom stereocenters. The number of rotatable bonds is 3. The molecule has 1 heterocycles. The Hall–Kier alpha value is -4.63. The van der Waals surface area contributed by atoms with Gasteiger partial charge >= 0.3 is 0 Å². The van der Waals surface area contributed by atoms with E-state index in [0.717, 1.165) is 17.1 Å². The van der Waals surface area contributed by atoms with Gasteiger partial charge in [-0.1, -0.05) is 82.3 Å². The minimum absolute atomic E-state index is 0.0205. The molecule has 7 rings (SSSR count). The van der Waals surface area contributed by atoms with Gasteiger partial charge in [0.2, 0.25) is 5.43 Å². The van der Waals surface area contributed by atoms with Crippen LogP contribution >= 0.6 is 0 Å². The van der Waals surface area contributed by atoms with Crippen LogP contribution in [0.5, 0.6) is 0 Å². The second kappa shape index (κ2) is 8.69. The number of nitrogens with zero attached hydrogens (tertiary/aromatic N) is 1. The van der Waals surface area contributed by atoms with Gasteiger partial charge in [0.1, 0.15) is 11.2 Å².